The largest absolute Gasteiger partial charge is 0.481 e. The summed E-state index contributed by atoms with van der Waals surface area (Å²) in [5.41, 5.74) is 2.26. The number of carbonyl (C=O) groups excluding carboxylic acids is 1. The summed E-state index contributed by atoms with van der Waals surface area (Å²) < 4.78 is 4.75. The second-order valence-electron chi connectivity index (χ2n) is 3.80. The highest BCUT2D eigenvalue weighted by molar-refractivity contribution is 5.84. The van der Waals surface area contributed by atoms with E-state index in [1.165, 1.54) is 7.11 Å². The summed E-state index contributed by atoms with van der Waals surface area (Å²) in [6.45, 7) is 0.607. The maximum Gasteiger partial charge on any atom is 0.307 e. The van der Waals surface area contributed by atoms with Crippen LogP contribution < -0.4 is 5.48 Å². The monoisotopic (exact) mass is 243 g/mol. The minimum atomic E-state index is -0.952. The zero-order chi connectivity index (χ0) is 12.7. The van der Waals surface area contributed by atoms with E-state index in [9.17, 15) is 9.59 Å². The van der Waals surface area contributed by atoms with Gasteiger partial charge in [0.1, 0.15) is 0 Å². The van der Waals surface area contributed by atoms with Gasteiger partial charge in [0.15, 0.2) is 0 Å². The Labute approximate surface area is 99.5 Å². The Morgan fingerprint density at radius 3 is 2.53 bits per heavy atom. The van der Waals surface area contributed by atoms with Crippen LogP contribution in [-0.2, 0) is 19.2 Å². The average molecular weight is 243 g/mol. The van der Waals surface area contributed by atoms with E-state index in [-0.39, 0.29) is 6.61 Å². The summed E-state index contributed by atoms with van der Waals surface area (Å²) in [7, 11) is 1.53. The smallest absolute Gasteiger partial charge is 0.307 e. The summed E-state index contributed by atoms with van der Waals surface area (Å²) in [6.07, 6.45) is 4.41. The van der Waals surface area contributed by atoms with Gasteiger partial charge in [-0.3, -0.25) is 14.4 Å². The van der Waals surface area contributed by atoms with Crippen LogP contribution in [0.25, 0.3) is 0 Å². The van der Waals surface area contributed by atoms with E-state index in [1.807, 2.05) is 6.08 Å². The van der Waals surface area contributed by atoms with Crippen molar-refractivity contribution in [3.05, 3.63) is 12.2 Å². The van der Waals surface area contributed by atoms with Crippen molar-refractivity contribution in [3.63, 3.8) is 0 Å². The fraction of sp³-hybridized carbons (Fsp3) is 0.636. The lowest BCUT2D eigenvalue weighted by Crippen LogP contribution is -2.39. The number of carboxylic acids is 1. The zero-order valence-electron chi connectivity index (χ0n) is 9.72. The molecule has 0 aromatic rings. The molecule has 0 aliphatic heterocycles. The number of nitrogens with one attached hydrogen (secondary N) is 1. The quantitative estimate of drug-likeness (QED) is 0.399. The lowest BCUT2D eigenvalue weighted by atomic mass is 9.82. The van der Waals surface area contributed by atoms with Crippen molar-refractivity contribution in [2.24, 2.45) is 11.8 Å². The van der Waals surface area contributed by atoms with E-state index in [0.29, 0.717) is 19.4 Å². The minimum absolute atomic E-state index is 0.239. The number of ether oxygens (including phenoxy) is 1. The second-order valence-corrected chi connectivity index (χ2v) is 3.80. The van der Waals surface area contributed by atoms with Crippen molar-refractivity contribution >= 4 is 11.9 Å². The van der Waals surface area contributed by atoms with Crippen LogP contribution in [0.1, 0.15) is 12.8 Å². The number of carbonyl (C=O) groups is 2. The topological polar surface area (TPSA) is 84.9 Å². The number of amides is 1. The summed E-state index contributed by atoms with van der Waals surface area (Å²) in [5.74, 6) is -2.59. The third-order valence-electron chi connectivity index (χ3n) is 2.65. The maximum absolute atomic E-state index is 11.7. The lowest BCUT2D eigenvalue weighted by Gasteiger charge is -2.23. The van der Waals surface area contributed by atoms with Crippen LogP contribution in [-0.4, -0.2) is 37.3 Å². The van der Waals surface area contributed by atoms with Gasteiger partial charge in [-0.1, -0.05) is 12.2 Å². The van der Waals surface area contributed by atoms with E-state index < -0.39 is 23.7 Å². The highest BCUT2D eigenvalue weighted by Crippen LogP contribution is 2.25. The van der Waals surface area contributed by atoms with Crippen molar-refractivity contribution in [1.29, 1.82) is 0 Å². The second kappa shape index (κ2) is 7.03. The van der Waals surface area contributed by atoms with Gasteiger partial charge in [0.2, 0.25) is 5.91 Å². The molecule has 0 saturated heterocycles. The number of hydrogen-bond donors (Lipinski definition) is 2. The highest BCUT2D eigenvalue weighted by atomic mass is 16.7. The van der Waals surface area contributed by atoms with Gasteiger partial charge in [0.25, 0.3) is 0 Å². The summed E-state index contributed by atoms with van der Waals surface area (Å²) in [4.78, 5) is 27.5. The molecule has 0 saturated carbocycles. The molecule has 96 valence electrons. The first-order valence-corrected chi connectivity index (χ1v) is 5.45. The van der Waals surface area contributed by atoms with E-state index in [2.05, 4.69) is 5.48 Å². The summed E-state index contributed by atoms with van der Waals surface area (Å²) in [5, 5.41) is 8.99. The van der Waals surface area contributed by atoms with Gasteiger partial charge in [-0.2, -0.15) is 0 Å². The molecule has 0 fully saturated rings. The SMILES string of the molecule is COCCONC(=O)C1CC=CCC1C(=O)O. The number of rotatable bonds is 6. The van der Waals surface area contributed by atoms with Gasteiger partial charge < -0.3 is 9.84 Å². The Kier molecular flexibility index (Phi) is 5.65. The maximum atomic E-state index is 11.7. The summed E-state index contributed by atoms with van der Waals surface area (Å²) >= 11 is 0. The van der Waals surface area contributed by atoms with Gasteiger partial charge in [-0.25, -0.2) is 5.48 Å². The molecule has 0 heterocycles. The molecule has 6 nitrogen and oxygen atoms in total. The Balaban J connectivity index is 2.43. The van der Waals surface area contributed by atoms with Gasteiger partial charge in [0, 0.05) is 7.11 Å². The third kappa shape index (κ3) is 4.16. The average Bonchev–Trinajstić information content (AvgIpc) is 2.34. The van der Waals surface area contributed by atoms with Gasteiger partial charge >= 0.3 is 5.97 Å². The van der Waals surface area contributed by atoms with E-state index in [1.54, 1.807) is 6.08 Å². The fourth-order valence-corrected chi connectivity index (χ4v) is 1.70. The first-order chi connectivity index (χ1) is 8.16. The molecule has 17 heavy (non-hydrogen) atoms. The molecule has 1 aliphatic carbocycles. The molecule has 2 atom stereocenters. The molecule has 1 rings (SSSR count). The molecule has 1 aliphatic rings. The van der Waals surface area contributed by atoms with Gasteiger partial charge in [0.05, 0.1) is 25.0 Å². The molecule has 0 aromatic heterocycles. The minimum Gasteiger partial charge on any atom is -0.481 e. The third-order valence-corrected chi connectivity index (χ3v) is 2.65. The van der Waals surface area contributed by atoms with Crippen molar-refractivity contribution in [2.75, 3.05) is 20.3 Å². The number of hydrogen-bond acceptors (Lipinski definition) is 4. The van der Waals surface area contributed by atoms with E-state index in [0.717, 1.165) is 0 Å². The highest BCUT2D eigenvalue weighted by Gasteiger charge is 2.33. The number of allylic oxidation sites excluding steroid dienone is 2. The van der Waals surface area contributed by atoms with Gasteiger partial charge in [-0.15, -0.1) is 0 Å². The zero-order valence-corrected chi connectivity index (χ0v) is 9.72. The molecule has 0 radical (unpaired) electrons. The Morgan fingerprint density at radius 1 is 1.29 bits per heavy atom. The van der Waals surface area contributed by atoms with Gasteiger partial charge in [-0.05, 0) is 12.8 Å². The number of carboxylic acid groups (broad SMARTS) is 1. The van der Waals surface area contributed by atoms with E-state index >= 15 is 0 Å². The molecule has 6 heteroatoms. The molecular weight excluding hydrogens is 226 g/mol. The van der Waals surface area contributed by atoms with Crippen LogP contribution in [0.4, 0.5) is 0 Å². The molecule has 2 unspecified atom stereocenters. The predicted octanol–water partition coefficient (Wildman–Crippen LogP) is 0.348. The predicted molar refractivity (Wildman–Crippen MR) is 59.0 cm³/mol. The Bertz CT molecular complexity index is 302. The Morgan fingerprint density at radius 2 is 1.94 bits per heavy atom. The molecule has 1 amide bonds. The van der Waals surface area contributed by atoms with Crippen molar-refractivity contribution in [3.8, 4) is 0 Å². The van der Waals surface area contributed by atoms with Crippen LogP contribution >= 0.6 is 0 Å². The molecular formula is C11H17NO5. The number of aliphatic carboxylic acids is 1. The van der Waals surface area contributed by atoms with Crippen molar-refractivity contribution in [1.82, 2.24) is 5.48 Å². The van der Waals surface area contributed by atoms with E-state index in [4.69, 9.17) is 14.7 Å². The van der Waals surface area contributed by atoms with Crippen LogP contribution in [0.2, 0.25) is 0 Å². The lowest BCUT2D eigenvalue weighted by molar-refractivity contribution is -0.151. The molecule has 0 aromatic carbocycles. The first-order valence-electron chi connectivity index (χ1n) is 5.45. The van der Waals surface area contributed by atoms with Crippen LogP contribution in [0.15, 0.2) is 12.2 Å². The normalized spacial score (nSPS) is 23.4. The summed E-state index contributed by atoms with van der Waals surface area (Å²) in [6, 6.07) is 0. The first kappa shape index (κ1) is 13.7. The number of methoxy groups -OCH3 is 1. The van der Waals surface area contributed by atoms with Crippen molar-refractivity contribution in [2.45, 2.75) is 12.8 Å². The molecule has 2 N–H and O–H groups in total. The molecule has 0 bridgehead atoms. The molecule has 0 spiro atoms. The van der Waals surface area contributed by atoms with Crippen LogP contribution in [0, 0.1) is 11.8 Å². The Hall–Kier alpha value is -1.40. The standard InChI is InChI=1S/C11H17NO5/c1-16-6-7-17-12-10(13)8-4-2-3-5-9(8)11(14)15/h2-3,8-9H,4-7H2,1H3,(H,12,13)(H,14,15). The van der Waals surface area contributed by atoms with Crippen molar-refractivity contribution < 1.29 is 24.3 Å². The van der Waals surface area contributed by atoms with Crippen LogP contribution in [0.3, 0.4) is 0 Å². The number of hydroxylamine groups is 1. The fourth-order valence-electron chi connectivity index (χ4n) is 1.70. The van der Waals surface area contributed by atoms with Crippen LogP contribution in [0.5, 0.6) is 0 Å².